The number of nitrogens with one attached hydrogen (secondary N) is 1. The van der Waals surface area contributed by atoms with Crippen LogP contribution in [0.2, 0.25) is 0 Å². The van der Waals surface area contributed by atoms with Crippen molar-refractivity contribution in [3.8, 4) is 0 Å². The van der Waals surface area contributed by atoms with E-state index in [0.29, 0.717) is 11.2 Å². The smallest absolute Gasteiger partial charge is 0.189 e. The van der Waals surface area contributed by atoms with E-state index in [2.05, 4.69) is 31.1 Å². The third-order valence-corrected chi connectivity index (χ3v) is 4.68. The number of hydrogen-bond acceptors (Lipinski definition) is 3. The fraction of sp³-hybridized carbons (Fsp3) is 0.900. The van der Waals surface area contributed by atoms with Gasteiger partial charge in [-0.2, -0.15) is 23.5 Å². The zero-order valence-corrected chi connectivity index (χ0v) is 11.4. The van der Waals surface area contributed by atoms with Gasteiger partial charge in [-0.05, 0) is 20.8 Å². The van der Waals surface area contributed by atoms with Crippen LogP contribution >= 0.6 is 23.5 Å². The molecule has 0 saturated carbocycles. The average molecular weight is 247 g/mol. The Balaban J connectivity index is 2.29. The van der Waals surface area contributed by atoms with Crippen LogP contribution in [0.4, 0.5) is 0 Å². The van der Waals surface area contributed by atoms with Gasteiger partial charge in [-0.15, -0.1) is 0 Å². The first-order valence-corrected chi connectivity index (χ1v) is 7.45. The van der Waals surface area contributed by atoms with Gasteiger partial charge in [-0.25, -0.2) is 0 Å². The summed E-state index contributed by atoms with van der Waals surface area (Å²) in [5.41, 5.74) is 5.80. The molecule has 1 saturated heterocycles. The lowest BCUT2D eigenvalue weighted by atomic mass is 10.1. The Bertz CT molecular complexity index is 217. The highest BCUT2D eigenvalue weighted by Crippen LogP contribution is 2.23. The Morgan fingerprint density at radius 3 is 2.73 bits per heavy atom. The Hall–Kier alpha value is -0.0300. The number of guanidine groups is 1. The minimum atomic E-state index is 0.00202. The number of rotatable bonds is 2. The highest BCUT2D eigenvalue weighted by atomic mass is 32.2. The van der Waals surface area contributed by atoms with E-state index >= 15 is 0 Å². The molecule has 0 radical (unpaired) electrons. The fourth-order valence-electron chi connectivity index (χ4n) is 1.27. The maximum Gasteiger partial charge on any atom is 0.189 e. The molecule has 88 valence electrons. The van der Waals surface area contributed by atoms with Crippen molar-refractivity contribution >= 4 is 29.5 Å². The molecule has 1 heterocycles. The summed E-state index contributed by atoms with van der Waals surface area (Å²) in [6.45, 7) is 7.09. The maximum atomic E-state index is 5.80. The zero-order chi connectivity index (χ0) is 11.3. The molecular formula is C10H21N3S2. The van der Waals surface area contributed by atoms with Crippen molar-refractivity contribution in [2.75, 3.05) is 23.8 Å². The SMILES string of the molecule is CC(C)(C)NC(N)=NCC1CSCCS1. The predicted molar refractivity (Wildman–Crippen MR) is 72.9 cm³/mol. The van der Waals surface area contributed by atoms with Crippen molar-refractivity contribution in [1.29, 1.82) is 0 Å². The van der Waals surface area contributed by atoms with Gasteiger partial charge in [0.05, 0.1) is 6.54 Å². The van der Waals surface area contributed by atoms with E-state index in [1.165, 1.54) is 17.3 Å². The maximum absolute atomic E-state index is 5.80. The molecule has 0 aliphatic carbocycles. The first kappa shape index (κ1) is 13.0. The molecule has 0 amide bonds. The van der Waals surface area contributed by atoms with Crippen LogP contribution in [0.1, 0.15) is 20.8 Å². The van der Waals surface area contributed by atoms with E-state index in [-0.39, 0.29) is 5.54 Å². The van der Waals surface area contributed by atoms with Crippen molar-refractivity contribution < 1.29 is 0 Å². The number of thioether (sulfide) groups is 2. The molecule has 0 aromatic carbocycles. The molecule has 0 aromatic rings. The first-order valence-electron chi connectivity index (χ1n) is 5.25. The van der Waals surface area contributed by atoms with Crippen LogP contribution in [0.3, 0.4) is 0 Å². The molecule has 5 heteroatoms. The lowest BCUT2D eigenvalue weighted by Gasteiger charge is -2.22. The van der Waals surface area contributed by atoms with E-state index in [9.17, 15) is 0 Å². The van der Waals surface area contributed by atoms with E-state index < -0.39 is 0 Å². The standard InChI is InChI=1S/C10H21N3S2/c1-10(2,3)13-9(11)12-6-8-7-14-4-5-15-8/h8H,4-7H2,1-3H3,(H3,11,12,13). The Kier molecular flexibility index (Phi) is 5.12. The summed E-state index contributed by atoms with van der Waals surface area (Å²) in [6, 6.07) is 0. The van der Waals surface area contributed by atoms with E-state index in [0.717, 1.165) is 6.54 Å². The highest BCUT2D eigenvalue weighted by molar-refractivity contribution is 8.06. The molecule has 15 heavy (non-hydrogen) atoms. The monoisotopic (exact) mass is 247 g/mol. The number of nitrogens with zero attached hydrogens (tertiary/aromatic N) is 1. The van der Waals surface area contributed by atoms with Crippen LogP contribution in [-0.4, -0.2) is 40.6 Å². The molecule has 0 bridgehead atoms. The van der Waals surface area contributed by atoms with Crippen LogP contribution < -0.4 is 11.1 Å². The third kappa shape index (κ3) is 6.20. The highest BCUT2D eigenvalue weighted by Gasteiger charge is 2.14. The number of hydrogen-bond donors (Lipinski definition) is 2. The van der Waals surface area contributed by atoms with E-state index in [1.807, 2.05) is 23.5 Å². The summed E-state index contributed by atoms with van der Waals surface area (Å²) < 4.78 is 0. The molecule has 1 aliphatic heterocycles. The summed E-state index contributed by atoms with van der Waals surface area (Å²) >= 11 is 4.03. The summed E-state index contributed by atoms with van der Waals surface area (Å²) in [4.78, 5) is 4.38. The molecule has 1 rings (SSSR count). The van der Waals surface area contributed by atoms with Gasteiger partial charge >= 0.3 is 0 Å². The van der Waals surface area contributed by atoms with Gasteiger partial charge in [-0.3, -0.25) is 4.99 Å². The molecule has 0 aromatic heterocycles. The Morgan fingerprint density at radius 1 is 1.47 bits per heavy atom. The molecular weight excluding hydrogens is 226 g/mol. The van der Waals surface area contributed by atoms with E-state index in [1.54, 1.807) is 0 Å². The predicted octanol–water partition coefficient (Wildman–Crippen LogP) is 1.54. The first-order chi connectivity index (χ1) is 6.97. The minimum Gasteiger partial charge on any atom is -0.370 e. The van der Waals surface area contributed by atoms with Crippen molar-refractivity contribution in [2.45, 2.75) is 31.6 Å². The molecule has 3 nitrogen and oxygen atoms in total. The summed E-state index contributed by atoms with van der Waals surface area (Å²) in [6.07, 6.45) is 0. The fourth-order valence-corrected chi connectivity index (χ4v) is 3.84. The quantitative estimate of drug-likeness (QED) is 0.574. The summed E-state index contributed by atoms with van der Waals surface area (Å²) in [7, 11) is 0. The lowest BCUT2D eigenvalue weighted by molar-refractivity contribution is 0.508. The van der Waals surface area contributed by atoms with Crippen LogP contribution in [-0.2, 0) is 0 Å². The number of nitrogens with two attached hydrogens (primary N) is 1. The lowest BCUT2D eigenvalue weighted by Crippen LogP contribution is -2.45. The van der Waals surface area contributed by atoms with Crippen molar-refractivity contribution in [3.63, 3.8) is 0 Å². The molecule has 3 N–H and O–H groups in total. The normalized spacial score (nSPS) is 23.9. The van der Waals surface area contributed by atoms with Gasteiger partial charge in [0.2, 0.25) is 0 Å². The second-order valence-electron chi connectivity index (χ2n) is 4.67. The number of aliphatic imine (C=N–C) groups is 1. The van der Waals surface area contributed by atoms with Crippen molar-refractivity contribution in [2.24, 2.45) is 10.7 Å². The van der Waals surface area contributed by atoms with Gasteiger partial charge in [0.15, 0.2) is 5.96 Å². The zero-order valence-electron chi connectivity index (χ0n) is 9.75. The second kappa shape index (κ2) is 5.89. The molecule has 1 fully saturated rings. The van der Waals surface area contributed by atoms with Gasteiger partial charge in [0.1, 0.15) is 0 Å². The Labute approximate surface area is 101 Å². The van der Waals surface area contributed by atoms with Crippen molar-refractivity contribution in [3.05, 3.63) is 0 Å². The molecule has 1 aliphatic rings. The topological polar surface area (TPSA) is 50.4 Å². The Morgan fingerprint density at radius 2 is 2.20 bits per heavy atom. The van der Waals surface area contributed by atoms with Gasteiger partial charge in [0, 0.05) is 28.0 Å². The minimum absolute atomic E-state index is 0.00202. The third-order valence-electron chi connectivity index (χ3n) is 1.85. The van der Waals surface area contributed by atoms with Crippen LogP contribution in [0, 0.1) is 0 Å². The van der Waals surface area contributed by atoms with Crippen LogP contribution in [0.5, 0.6) is 0 Å². The largest absolute Gasteiger partial charge is 0.370 e. The molecule has 0 spiro atoms. The second-order valence-corrected chi connectivity index (χ2v) is 7.23. The van der Waals surface area contributed by atoms with E-state index in [4.69, 9.17) is 5.73 Å². The average Bonchev–Trinajstić information content (AvgIpc) is 2.14. The van der Waals surface area contributed by atoms with Crippen LogP contribution in [0.25, 0.3) is 0 Å². The summed E-state index contributed by atoms with van der Waals surface area (Å²) in [5.74, 6) is 4.30. The van der Waals surface area contributed by atoms with Gasteiger partial charge < -0.3 is 11.1 Å². The van der Waals surface area contributed by atoms with Gasteiger partial charge in [0.25, 0.3) is 0 Å². The van der Waals surface area contributed by atoms with Crippen LogP contribution in [0.15, 0.2) is 4.99 Å². The molecule has 1 atom stereocenters. The molecule has 1 unspecified atom stereocenters. The summed E-state index contributed by atoms with van der Waals surface area (Å²) in [5, 5.41) is 3.81. The van der Waals surface area contributed by atoms with Gasteiger partial charge in [-0.1, -0.05) is 0 Å². The van der Waals surface area contributed by atoms with Crippen molar-refractivity contribution in [1.82, 2.24) is 5.32 Å².